The van der Waals surface area contributed by atoms with Crippen molar-refractivity contribution in [3.63, 3.8) is 0 Å². The van der Waals surface area contributed by atoms with E-state index in [1.807, 2.05) is 6.92 Å². The van der Waals surface area contributed by atoms with Crippen LogP contribution >= 0.6 is 22.9 Å². The van der Waals surface area contributed by atoms with E-state index in [9.17, 15) is 13.6 Å². The number of nitrogens with one attached hydrogen (secondary N) is 1. The highest BCUT2D eigenvalue weighted by molar-refractivity contribution is 7.09. The van der Waals surface area contributed by atoms with Gasteiger partial charge in [-0.15, -0.1) is 20.1 Å². The molecular formula is C18H11ClF2N2O3S. The van der Waals surface area contributed by atoms with Crippen molar-refractivity contribution in [3.8, 4) is 22.6 Å². The molecule has 1 amide bonds. The zero-order chi connectivity index (χ0) is 19.2. The standard InChI is InChI=1S/C18H11ClF2N2O3S/c1-9-16(22-8-27-9)17(24)23-11-4-2-10(3-5-11)12-6-14-15(7-13(12)19)26-18(20,21)25-14/h2-8H,1H3,(H,23,24). The molecule has 3 aromatic rings. The molecule has 0 spiro atoms. The molecule has 0 bridgehead atoms. The number of carbonyl (C=O) groups is 1. The quantitative estimate of drug-likeness (QED) is 0.635. The average Bonchev–Trinajstić information content (AvgIpc) is 3.16. The zero-order valence-corrected chi connectivity index (χ0v) is 15.3. The van der Waals surface area contributed by atoms with Gasteiger partial charge in [-0.3, -0.25) is 4.79 Å². The minimum Gasteiger partial charge on any atom is -0.395 e. The lowest BCUT2D eigenvalue weighted by molar-refractivity contribution is -0.286. The molecule has 9 heteroatoms. The van der Waals surface area contributed by atoms with Gasteiger partial charge in [0.25, 0.3) is 5.91 Å². The van der Waals surface area contributed by atoms with E-state index in [1.165, 1.54) is 23.5 Å². The molecule has 0 atom stereocenters. The Kier molecular flexibility index (Phi) is 4.24. The number of fused-ring (bicyclic) bond motifs is 1. The largest absolute Gasteiger partial charge is 0.586 e. The molecule has 0 saturated carbocycles. The minimum atomic E-state index is -3.70. The Morgan fingerprint density at radius 2 is 1.85 bits per heavy atom. The third-order valence-electron chi connectivity index (χ3n) is 3.90. The van der Waals surface area contributed by atoms with Crippen molar-refractivity contribution in [3.05, 3.63) is 57.5 Å². The van der Waals surface area contributed by atoms with Gasteiger partial charge >= 0.3 is 6.29 Å². The van der Waals surface area contributed by atoms with Gasteiger partial charge in [-0.25, -0.2) is 4.98 Å². The topological polar surface area (TPSA) is 60.5 Å². The Hall–Kier alpha value is -2.71. The molecule has 138 valence electrons. The fourth-order valence-corrected chi connectivity index (χ4v) is 3.48. The summed E-state index contributed by atoms with van der Waals surface area (Å²) in [5, 5.41) is 3.00. The Bertz CT molecular complexity index is 1040. The van der Waals surface area contributed by atoms with Gasteiger partial charge in [-0.1, -0.05) is 23.7 Å². The number of halogens is 3. The van der Waals surface area contributed by atoms with Gasteiger partial charge in [0.15, 0.2) is 11.5 Å². The van der Waals surface area contributed by atoms with Gasteiger partial charge in [0.2, 0.25) is 0 Å². The van der Waals surface area contributed by atoms with Crippen LogP contribution in [0.2, 0.25) is 5.02 Å². The van der Waals surface area contributed by atoms with Gasteiger partial charge < -0.3 is 14.8 Å². The molecule has 4 rings (SSSR count). The number of anilines is 1. The number of aromatic nitrogens is 1. The Labute approximate surface area is 161 Å². The molecule has 5 nitrogen and oxygen atoms in total. The number of carbonyl (C=O) groups excluding carboxylic acids is 1. The van der Waals surface area contributed by atoms with Gasteiger partial charge in [0.05, 0.1) is 10.5 Å². The van der Waals surface area contributed by atoms with Crippen molar-refractivity contribution < 1.29 is 23.0 Å². The lowest BCUT2D eigenvalue weighted by Gasteiger charge is -2.08. The third kappa shape index (κ3) is 3.45. The van der Waals surface area contributed by atoms with Gasteiger partial charge in [-0.2, -0.15) is 0 Å². The van der Waals surface area contributed by atoms with Crippen molar-refractivity contribution in [2.24, 2.45) is 0 Å². The van der Waals surface area contributed by atoms with Crippen LogP contribution in [0.1, 0.15) is 15.4 Å². The molecule has 0 unspecified atom stereocenters. The Balaban J connectivity index is 1.57. The second-order valence-electron chi connectivity index (χ2n) is 5.73. The van der Waals surface area contributed by atoms with Crippen LogP contribution in [0.5, 0.6) is 11.5 Å². The fourth-order valence-electron chi connectivity index (χ4n) is 2.64. The molecule has 0 fully saturated rings. The number of benzene rings is 2. The smallest absolute Gasteiger partial charge is 0.395 e. The first-order valence-electron chi connectivity index (χ1n) is 7.74. The first-order chi connectivity index (χ1) is 12.8. The van der Waals surface area contributed by atoms with Crippen molar-refractivity contribution >= 4 is 34.5 Å². The van der Waals surface area contributed by atoms with Crippen molar-refractivity contribution in [2.45, 2.75) is 13.2 Å². The highest BCUT2D eigenvalue weighted by Crippen LogP contribution is 2.46. The summed E-state index contributed by atoms with van der Waals surface area (Å²) in [6, 6.07) is 9.48. The van der Waals surface area contributed by atoms with Crippen LogP contribution < -0.4 is 14.8 Å². The average molecular weight is 409 g/mol. The molecular weight excluding hydrogens is 398 g/mol. The Morgan fingerprint density at radius 1 is 1.19 bits per heavy atom. The number of alkyl halides is 2. The summed E-state index contributed by atoms with van der Waals surface area (Å²) in [6.07, 6.45) is -3.70. The van der Waals surface area contributed by atoms with Crippen molar-refractivity contribution in [1.29, 1.82) is 0 Å². The second kappa shape index (κ2) is 6.47. The molecule has 0 saturated heterocycles. The van der Waals surface area contributed by atoms with E-state index in [2.05, 4.69) is 19.8 Å². The van der Waals surface area contributed by atoms with E-state index >= 15 is 0 Å². The summed E-state index contributed by atoms with van der Waals surface area (Å²) in [4.78, 5) is 17.1. The van der Waals surface area contributed by atoms with E-state index < -0.39 is 6.29 Å². The summed E-state index contributed by atoms with van der Waals surface area (Å²) in [7, 11) is 0. The van der Waals surface area contributed by atoms with E-state index in [0.29, 0.717) is 22.5 Å². The molecule has 2 aromatic carbocycles. The van der Waals surface area contributed by atoms with E-state index in [-0.39, 0.29) is 22.4 Å². The van der Waals surface area contributed by atoms with Gasteiger partial charge in [0.1, 0.15) is 5.69 Å². The molecule has 1 N–H and O–H groups in total. The minimum absolute atomic E-state index is 0.0872. The number of hydrogen-bond donors (Lipinski definition) is 1. The summed E-state index contributed by atoms with van der Waals surface area (Å²) in [5.41, 5.74) is 3.73. The summed E-state index contributed by atoms with van der Waals surface area (Å²) in [5.74, 6) is -0.503. The number of thiazole rings is 1. The highest BCUT2D eigenvalue weighted by atomic mass is 35.5. The number of hydrogen-bond acceptors (Lipinski definition) is 5. The summed E-state index contributed by atoms with van der Waals surface area (Å²) < 4.78 is 35.2. The number of nitrogens with zero attached hydrogens (tertiary/aromatic N) is 1. The monoisotopic (exact) mass is 408 g/mol. The molecule has 27 heavy (non-hydrogen) atoms. The highest BCUT2D eigenvalue weighted by Gasteiger charge is 2.43. The lowest BCUT2D eigenvalue weighted by atomic mass is 10.0. The molecule has 0 radical (unpaired) electrons. The number of ether oxygens (including phenoxy) is 2. The van der Waals surface area contributed by atoms with Gasteiger partial charge in [-0.05, 0) is 30.7 Å². The van der Waals surface area contributed by atoms with Crippen LogP contribution in [0.3, 0.4) is 0 Å². The number of aryl methyl sites for hydroxylation is 1. The SMILES string of the molecule is Cc1scnc1C(=O)Nc1ccc(-c2cc3c(cc2Cl)OC(F)(F)O3)cc1. The first-order valence-corrected chi connectivity index (χ1v) is 8.99. The van der Waals surface area contributed by atoms with Crippen LogP contribution in [0, 0.1) is 6.92 Å². The molecule has 1 aliphatic heterocycles. The molecule has 0 aliphatic carbocycles. The van der Waals surface area contributed by atoms with Crippen LogP contribution in [0.15, 0.2) is 41.9 Å². The second-order valence-corrected chi connectivity index (χ2v) is 7.20. The maximum absolute atomic E-state index is 13.2. The van der Waals surface area contributed by atoms with Crippen LogP contribution in [0.4, 0.5) is 14.5 Å². The summed E-state index contributed by atoms with van der Waals surface area (Å²) in [6.45, 7) is 1.82. The maximum atomic E-state index is 13.2. The van der Waals surface area contributed by atoms with E-state index in [4.69, 9.17) is 11.6 Å². The molecule has 2 heterocycles. The molecule has 1 aliphatic rings. The van der Waals surface area contributed by atoms with Gasteiger partial charge in [0, 0.05) is 22.2 Å². The van der Waals surface area contributed by atoms with E-state index in [1.54, 1.807) is 29.8 Å². The third-order valence-corrected chi connectivity index (χ3v) is 4.97. The lowest BCUT2D eigenvalue weighted by Crippen LogP contribution is -2.25. The predicted molar refractivity (Wildman–Crippen MR) is 97.9 cm³/mol. The predicted octanol–water partition coefficient (Wildman–Crippen LogP) is 5.35. The normalized spacial score (nSPS) is 14.2. The van der Waals surface area contributed by atoms with Crippen molar-refractivity contribution in [2.75, 3.05) is 5.32 Å². The Morgan fingerprint density at radius 3 is 2.48 bits per heavy atom. The summed E-state index contributed by atoms with van der Waals surface area (Å²) >= 11 is 7.58. The van der Waals surface area contributed by atoms with Crippen LogP contribution in [-0.4, -0.2) is 17.2 Å². The maximum Gasteiger partial charge on any atom is 0.586 e. The first kappa shape index (κ1) is 17.7. The number of rotatable bonds is 3. The zero-order valence-electron chi connectivity index (χ0n) is 13.8. The fraction of sp³-hybridized carbons (Fsp3) is 0.111. The van der Waals surface area contributed by atoms with Crippen LogP contribution in [-0.2, 0) is 0 Å². The number of amides is 1. The van der Waals surface area contributed by atoms with Crippen molar-refractivity contribution in [1.82, 2.24) is 4.98 Å². The molecule has 1 aromatic heterocycles. The van der Waals surface area contributed by atoms with Crippen LogP contribution in [0.25, 0.3) is 11.1 Å². The van der Waals surface area contributed by atoms with E-state index in [0.717, 1.165) is 4.88 Å².